The molecule has 3 aromatic rings. The predicted octanol–water partition coefficient (Wildman–Crippen LogP) is 3.55. The highest BCUT2D eigenvalue weighted by Gasteiger charge is 2.08. The van der Waals surface area contributed by atoms with Gasteiger partial charge in [-0.3, -0.25) is 9.98 Å². The summed E-state index contributed by atoms with van der Waals surface area (Å²) in [6.45, 7) is 2.39. The normalized spacial score (nSPS) is 14.1. The molecule has 0 amide bonds. The summed E-state index contributed by atoms with van der Waals surface area (Å²) in [5.41, 5.74) is 3.14. The molecule has 24 heavy (non-hydrogen) atoms. The minimum Gasteiger partial charge on any atom is -0.487 e. The number of aliphatic imine (C=N–C) groups is 1. The van der Waals surface area contributed by atoms with Gasteiger partial charge in [0.15, 0.2) is 0 Å². The molecule has 1 aliphatic heterocycles. The van der Waals surface area contributed by atoms with Gasteiger partial charge in [-0.25, -0.2) is 0 Å². The molecule has 1 aromatic heterocycles. The van der Waals surface area contributed by atoms with Crippen LogP contribution in [0.3, 0.4) is 0 Å². The fourth-order valence-electron chi connectivity index (χ4n) is 2.89. The van der Waals surface area contributed by atoms with Crippen molar-refractivity contribution in [2.24, 2.45) is 4.99 Å². The number of amidine groups is 1. The highest BCUT2D eigenvalue weighted by molar-refractivity contribution is 5.99. The Labute approximate surface area is 141 Å². The van der Waals surface area contributed by atoms with E-state index in [0.29, 0.717) is 6.61 Å². The number of pyridine rings is 1. The zero-order valence-electron chi connectivity index (χ0n) is 13.4. The summed E-state index contributed by atoms with van der Waals surface area (Å²) in [6.07, 6.45) is 2.89. The number of hydrogen-bond donors (Lipinski definition) is 1. The molecule has 1 aliphatic rings. The number of nitrogens with zero attached hydrogens (tertiary/aromatic N) is 2. The van der Waals surface area contributed by atoms with Crippen LogP contribution in [-0.2, 0) is 6.61 Å². The van der Waals surface area contributed by atoms with Gasteiger partial charge in [-0.2, -0.15) is 0 Å². The molecule has 0 atom stereocenters. The van der Waals surface area contributed by atoms with E-state index >= 15 is 0 Å². The van der Waals surface area contributed by atoms with Crippen LogP contribution >= 0.6 is 0 Å². The number of fused-ring (bicyclic) bond motifs is 1. The van der Waals surface area contributed by atoms with Gasteiger partial charge in [-0.1, -0.05) is 36.4 Å². The van der Waals surface area contributed by atoms with Crippen LogP contribution in [0.25, 0.3) is 10.9 Å². The van der Waals surface area contributed by atoms with Crippen LogP contribution in [0.5, 0.6) is 5.75 Å². The molecule has 1 N–H and O–H groups in total. The van der Waals surface area contributed by atoms with Gasteiger partial charge < -0.3 is 10.1 Å². The number of nitrogens with one attached hydrogen (secondary N) is 1. The van der Waals surface area contributed by atoms with Crippen molar-refractivity contribution in [2.75, 3.05) is 13.1 Å². The van der Waals surface area contributed by atoms with Gasteiger partial charge in [0.2, 0.25) is 0 Å². The minimum absolute atomic E-state index is 0.511. The van der Waals surface area contributed by atoms with E-state index in [-0.39, 0.29) is 0 Å². The van der Waals surface area contributed by atoms with Crippen LogP contribution in [-0.4, -0.2) is 23.9 Å². The molecule has 0 unspecified atom stereocenters. The summed E-state index contributed by atoms with van der Waals surface area (Å²) in [5, 5.41) is 4.45. The quantitative estimate of drug-likeness (QED) is 0.800. The summed E-state index contributed by atoms with van der Waals surface area (Å²) in [4.78, 5) is 8.99. The maximum Gasteiger partial charge on any atom is 0.146 e. The van der Waals surface area contributed by atoms with Gasteiger partial charge in [0.1, 0.15) is 23.7 Å². The van der Waals surface area contributed by atoms with Crippen molar-refractivity contribution in [3.8, 4) is 5.75 Å². The third-order valence-electron chi connectivity index (χ3n) is 4.09. The lowest BCUT2D eigenvalue weighted by Gasteiger charge is -2.15. The molecular formula is C20H19N3O. The van der Waals surface area contributed by atoms with E-state index in [1.807, 2.05) is 36.4 Å². The van der Waals surface area contributed by atoms with E-state index in [1.54, 1.807) is 6.20 Å². The highest BCUT2D eigenvalue weighted by Crippen LogP contribution is 2.24. The number of ether oxygens (including phenoxy) is 1. The molecule has 4 rings (SSSR count). The molecule has 0 saturated heterocycles. The Morgan fingerprint density at radius 2 is 1.96 bits per heavy atom. The smallest absolute Gasteiger partial charge is 0.146 e. The minimum atomic E-state index is 0.511. The molecule has 0 radical (unpaired) electrons. The van der Waals surface area contributed by atoms with Gasteiger partial charge in [0.25, 0.3) is 0 Å². The first-order valence-corrected chi connectivity index (χ1v) is 8.24. The number of para-hydroxylation sites is 1. The first-order chi connectivity index (χ1) is 11.9. The number of aromatic nitrogens is 1. The van der Waals surface area contributed by atoms with Crippen LogP contribution < -0.4 is 10.1 Å². The molecule has 4 nitrogen and oxygen atoms in total. The molecule has 2 heterocycles. The summed E-state index contributed by atoms with van der Waals surface area (Å²) in [5.74, 6) is 1.79. The highest BCUT2D eigenvalue weighted by atomic mass is 16.5. The Bertz CT molecular complexity index is 883. The molecule has 4 heteroatoms. The zero-order chi connectivity index (χ0) is 16.2. The van der Waals surface area contributed by atoms with Gasteiger partial charge in [-0.05, 0) is 30.2 Å². The molecule has 2 aromatic carbocycles. The Morgan fingerprint density at radius 3 is 2.88 bits per heavy atom. The van der Waals surface area contributed by atoms with Crippen molar-refractivity contribution in [2.45, 2.75) is 13.0 Å². The van der Waals surface area contributed by atoms with E-state index in [4.69, 9.17) is 4.74 Å². The summed E-state index contributed by atoms with van der Waals surface area (Å²) < 4.78 is 6.02. The van der Waals surface area contributed by atoms with E-state index in [1.165, 1.54) is 0 Å². The van der Waals surface area contributed by atoms with Gasteiger partial charge in [0.05, 0.1) is 0 Å². The predicted molar refractivity (Wildman–Crippen MR) is 96.5 cm³/mol. The van der Waals surface area contributed by atoms with Crippen molar-refractivity contribution in [3.63, 3.8) is 0 Å². The third-order valence-corrected chi connectivity index (χ3v) is 4.09. The van der Waals surface area contributed by atoms with E-state index < -0.39 is 0 Å². The molecule has 0 spiro atoms. The lowest BCUT2D eigenvalue weighted by Crippen LogP contribution is -2.30. The van der Waals surface area contributed by atoms with Crippen LogP contribution in [0.2, 0.25) is 0 Å². The molecule has 0 fully saturated rings. The third kappa shape index (κ3) is 3.08. The average molecular weight is 317 g/mol. The lowest BCUT2D eigenvalue weighted by atomic mass is 10.1. The SMILES string of the molecule is c1cc(COc2cccc3cccnc23)cc(C2=NCCCN2)c1. The second-order valence-electron chi connectivity index (χ2n) is 5.83. The fourth-order valence-corrected chi connectivity index (χ4v) is 2.89. The van der Waals surface area contributed by atoms with Crippen LogP contribution in [0, 0.1) is 0 Å². The lowest BCUT2D eigenvalue weighted by molar-refractivity contribution is 0.309. The maximum atomic E-state index is 6.02. The van der Waals surface area contributed by atoms with Crippen LogP contribution in [0.15, 0.2) is 65.8 Å². The Balaban J connectivity index is 1.54. The monoisotopic (exact) mass is 317 g/mol. The maximum absolute atomic E-state index is 6.02. The van der Waals surface area contributed by atoms with Gasteiger partial charge in [-0.15, -0.1) is 0 Å². The van der Waals surface area contributed by atoms with E-state index in [0.717, 1.165) is 53.1 Å². The van der Waals surface area contributed by atoms with Crippen molar-refractivity contribution in [1.82, 2.24) is 10.3 Å². The second-order valence-corrected chi connectivity index (χ2v) is 5.83. The van der Waals surface area contributed by atoms with E-state index in [2.05, 4.69) is 33.5 Å². The first-order valence-electron chi connectivity index (χ1n) is 8.24. The second kappa shape index (κ2) is 6.71. The van der Waals surface area contributed by atoms with Gasteiger partial charge >= 0.3 is 0 Å². The average Bonchev–Trinajstić information content (AvgIpc) is 2.67. The number of benzene rings is 2. The molecular weight excluding hydrogens is 298 g/mol. The Kier molecular flexibility index (Phi) is 4.11. The molecule has 0 saturated carbocycles. The van der Waals surface area contributed by atoms with Crippen molar-refractivity contribution in [3.05, 3.63) is 71.9 Å². The largest absolute Gasteiger partial charge is 0.487 e. The number of hydrogen-bond acceptors (Lipinski definition) is 4. The molecule has 120 valence electrons. The first kappa shape index (κ1) is 14.7. The summed E-state index contributed by atoms with van der Waals surface area (Å²) in [7, 11) is 0. The molecule has 0 bridgehead atoms. The Hall–Kier alpha value is -2.88. The zero-order valence-corrected chi connectivity index (χ0v) is 13.4. The molecule has 0 aliphatic carbocycles. The topological polar surface area (TPSA) is 46.5 Å². The summed E-state index contributed by atoms with van der Waals surface area (Å²) in [6, 6.07) is 18.3. The Morgan fingerprint density at radius 1 is 1.04 bits per heavy atom. The van der Waals surface area contributed by atoms with Crippen molar-refractivity contribution < 1.29 is 4.74 Å². The number of rotatable bonds is 4. The van der Waals surface area contributed by atoms with E-state index in [9.17, 15) is 0 Å². The van der Waals surface area contributed by atoms with Crippen molar-refractivity contribution in [1.29, 1.82) is 0 Å². The van der Waals surface area contributed by atoms with Crippen molar-refractivity contribution >= 4 is 16.7 Å². The van der Waals surface area contributed by atoms with Crippen LogP contribution in [0.1, 0.15) is 17.5 Å². The fraction of sp³-hybridized carbons (Fsp3) is 0.200. The van der Waals surface area contributed by atoms with Crippen LogP contribution in [0.4, 0.5) is 0 Å². The standard InChI is InChI=1S/C20H19N3O/c1-5-15(13-17(7-1)20-22-11-4-12-23-20)14-24-18-9-2-6-16-8-3-10-21-19(16)18/h1-3,5-10,13H,4,11-12,14H2,(H,22,23). The van der Waals surface area contributed by atoms with Gasteiger partial charge in [0, 0.05) is 30.2 Å². The summed E-state index contributed by atoms with van der Waals surface area (Å²) >= 11 is 0.